The summed E-state index contributed by atoms with van der Waals surface area (Å²) in [6.07, 6.45) is 4.91. The minimum atomic E-state index is -3.07. The fourth-order valence-electron chi connectivity index (χ4n) is 2.36. The van der Waals surface area contributed by atoms with Crippen molar-refractivity contribution < 1.29 is 13.2 Å². The number of hydrogen-bond acceptors (Lipinski definition) is 4. The molecule has 5 heteroatoms. The molecule has 2 fully saturated rings. The second kappa shape index (κ2) is 4.80. The van der Waals surface area contributed by atoms with E-state index in [1.54, 1.807) is 0 Å². The summed E-state index contributed by atoms with van der Waals surface area (Å²) in [6, 6.07) is 0. The van der Waals surface area contributed by atoms with Gasteiger partial charge >= 0.3 is 0 Å². The Labute approximate surface area is 91.3 Å². The second-order valence-electron chi connectivity index (χ2n) is 4.35. The lowest BCUT2D eigenvalue weighted by molar-refractivity contribution is 0.0775. The maximum Gasteiger partial charge on any atom is 0.181 e. The molecule has 1 N–H and O–H groups in total. The standard InChI is InChI=1S/C10H19NO3S/c12-15(13,9-4-2-1-3-5-9)10-8-11-6-7-14-10/h9-11H,1-8H2. The Morgan fingerprint density at radius 1 is 1.13 bits per heavy atom. The lowest BCUT2D eigenvalue weighted by Crippen LogP contribution is -2.46. The summed E-state index contributed by atoms with van der Waals surface area (Å²) in [5, 5.41) is 2.92. The van der Waals surface area contributed by atoms with E-state index >= 15 is 0 Å². The third-order valence-corrected chi connectivity index (χ3v) is 5.71. The zero-order chi connectivity index (χ0) is 10.7. The molecule has 2 rings (SSSR count). The number of morpholine rings is 1. The van der Waals surface area contributed by atoms with Gasteiger partial charge in [-0.1, -0.05) is 19.3 Å². The molecular weight excluding hydrogens is 214 g/mol. The summed E-state index contributed by atoms with van der Waals surface area (Å²) < 4.78 is 29.7. The zero-order valence-corrected chi connectivity index (χ0v) is 9.76. The van der Waals surface area contributed by atoms with Gasteiger partial charge in [-0.25, -0.2) is 8.42 Å². The molecule has 0 spiro atoms. The largest absolute Gasteiger partial charge is 0.360 e. The van der Waals surface area contributed by atoms with Crippen molar-refractivity contribution in [1.29, 1.82) is 0 Å². The van der Waals surface area contributed by atoms with Gasteiger partial charge < -0.3 is 10.1 Å². The summed E-state index contributed by atoms with van der Waals surface area (Å²) >= 11 is 0. The molecule has 0 aromatic rings. The van der Waals surface area contributed by atoms with Crippen LogP contribution in [0, 0.1) is 0 Å². The summed E-state index contributed by atoms with van der Waals surface area (Å²) in [6.45, 7) is 1.73. The van der Waals surface area contributed by atoms with Crippen LogP contribution in [0.25, 0.3) is 0 Å². The van der Waals surface area contributed by atoms with E-state index in [0.717, 1.165) is 32.2 Å². The van der Waals surface area contributed by atoms with Crippen molar-refractivity contribution in [1.82, 2.24) is 5.32 Å². The smallest absolute Gasteiger partial charge is 0.181 e. The van der Waals surface area contributed by atoms with E-state index < -0.39 is 15.3 Å². The highest BCUT2D eigenvalue weighted by molar-refractivity contribution is 7.92. The molecule has 2 aliphatic rings. The Morgan fingerprint density at radius 3 is 2.47 bits per heavy atom. The summed E-state index contributed by atoms with van der Waals surface area (Å²) in [5.74, 6) is 0. The van der Waals surface area contributed by atoms with Crippen LogP contribution < -0.4 is 5.32 Å². The Morgan fingerprint density at radius 2 is 1.87 bits per heavy atom. The number of hydrogen-bond donors (Lipinski definition) is 1. The van der Waals surface area contributed by atoms with Crippen molar-refractivity contribution in [2.75, 3.05) is 19.7 Å². The molecule has 1 heterocycles. The Hall–Kier alpha value is -0.130. The maximum atomic E-state index is 12.2. The van der Waals surface area contributed by atoms with Crippen LogP contribution in [0.1, 0.15) is 32.1 Å². The van der Waals surface area contributed by atoms with E-state index in [2.05, 4.69) is 5.32 Å². The number of rotatable bonds is 2. The molecule has 88 valence electrons. The average molecular weight is 233 g/mol. The molecule has 1 atom stereocenters. The summed E-state index contributed by atoms with van der Waals surface area (Å²) in [4.78, 5) is 0. The average Bonchev–Trinajstić information content (AvgIpc) is 2.31. The predicted molar refractivity (Wildman–Crippen MR) is 58.4 cm³/mol. The lowest BCUT2D eigenvalue weighted by atomic mass is 10.0. The maximum absolute atomic E-state index is 12.2. The predicted octanol–water partition coefficient (Wildman–Crippen LogP) is 0.680. The minimum Gasteiger partial charge on any atom is -0.360 e. The van der Waals surface area contributed by atoms with Crippen LogP contribution in [-0.4, -0.2) is 38.8 Å². The summed E-state index contributed by atoms with van der Waals surface area (Å²) in [7, 11) is -3.07. The fourth-order valence-corrected chi connectivity index (χ4v) is 4.42. The third kappa shape index (κ3) is 2.52. The van der Waals surface area contributed by atoms with E-state index in [1.165, 1.54) is 6.42 Å². The minimum absolute atomic E-state index is 0.156. The molecule has 0 bridgehead atoms. The first kappa shape index (κ1) is 11.4. The van der Waals surface area contributed by atoms with Crippen LogP contribution in [0.15, 0.2) is 0 Å². The molecule has 1 unspecified atom stereocenters. The number of sulfone groups is 1. The van der Waals surface area contributed by atoms with Gasteiger partial charge in [0.1, 0.15) is 0 Å². The Kier molecular flexibility index (Phi) is 3.64. The molecule has 4 nitrogen and oxygen atoms in total. The van der Waals surface area contributed by atoms with Crippen molar-refractivity contribution in [2.45, 2.75) is 42.8 Å². The van der Waals surface area contributed by atoms with Gasteiger partial charge in [-0.15, -0.1) is 0 Å². The highest BCUT2D eigenvalue weighted by Crippen LogP contribution is 2.27. The molecule has 15 heavy (non-hydrogen) atoms. The van der Waals surface area contributed by atoms with E-state index in [9.17, 15) is 8.42 Å². The monoisotopic (exact) mass is 233 g/mol. The highest BCUT2D eigenvalue weighted by atomic mass is 32.2. The van der Waals surface area contributed by atoms with Crippen molar-refractivity contribution in [3.63, 3.8) is 0 Å². The molecule has 1 saturated carbocycles. The van der Waals surface area contributed by atoms with Gasteiger partial charge in [-0.3, -0.25) is 0 Å². The summed E-state index contributed by atoms with van der Waals surface area (Å²) in [5.41, 5.74) is -0.602. The quantitative estimate of drug-likeness (QED) is 0.762. The molecule has 1 aliphatic carbocycles. The Bertz CT molecular complexity index is 266. The van der Waals surface area contributed by atoms with Crippen molar-refractivity contribution in [3.8, 4) is 0 Å². The van der Waals surface area contributed by atoms with Gasteiger partial charge in [-0.05, 0) is 12.8 Å². The molecule has 0 amide bonds. The van der Waals surface area contributed by atoms with Crippen molar-refractivity contribution in [3.05, 3.63) is 0 Å². The zero-order valence-electron chi connectivity index (χ0n) is 8.94. The fraction of sp³-hybridized carbons (Fsp3) is 1.00. The van der Waals surface area contributed by atoms with Gasteiger partial charge in [0.2, 0.25) is 0 Å². The molecule has 0 aromatic carbocycles. The van der Waals surface area contributed by atoms with Crippen LogP contribution >= 0.6 is 0 Å². The highest BCUT2D eigenvalue weighted by Gasteiger charge is 2.36. The first-order valence-corrected chi connectivity index (χ1v) is 7.37. The van der Waals surface area contributed by atoms with Crippen molar-refractivity contribution >= 4 is 9.84 Å². The van der Waals surface area contributed by atoms with Crippen LogP contribution in [0.4, 0.5) is 0 Å². The number of ether oxygens (including phenoxy) is 1. The van der Waals surface area contributed by atoms with Crippen LogP contribution in [0.2, 0.25) is 0 Å². The second-order valence-corrected chi connectivity index (χ2v) is 6.72. The normalized spacial score (nSPS) is 30.3. The van der Waals surface area contributed by atoms with Crippen LogP contribution in [0.5, 0.6) is 0 Å². The van der Waals surface area contributed by atoms with Gasteiger partial charge in [0.15, 0.2) is 15.3 Å². The van der Waals surface area contributed by atoms with Gasteiger partial charge in [0.05, 0.1) is 11.9 Å². The topological polar surface area (TPSA) is 55.4 Å². The van der Waals surface area contributed by atoms with E-state index in [4.69, 9.17) is 4.74 Å². The van der Waals surface area contributed by atoms with Gasteiger partial charge in [-0.2, -0.15) is 0 Å². The van der Waals surface area contributed by atoms with Crippen LogP contribution in [-0.2, 0) is 14.6 Å². The van der Waals surface area contributed by atoms with Crippen molar-refractivity contribution in [2.24, 2.45) is 0 Å². The molecule has 1 aliphatic heterocycles. The van der Waals surface area contributed by atoms with Crippen LogP contribution in [0.3, 0.4) is 0 Å². The molecule has 0 aromatic heterocycles. The first-order chi connectivity index (χ1) is 7.21. The van der Waals surface area contributed by atoms with E-state index in [-0.39, 0.29) is 5.25 Å². The lowest BCUT2D eigenvalue weighted by Gasteiger charge is -2.29. The van der Waals surface area contributed by atoms with E-state index in [1.807, 2.05) is 0 Å². The van der Waals surface area contributed by atoms with Gasteiger partial charge in [0, 0.05) is 13.1 Å². The first-order valence-electron chi connectivity index (χ1n) is 5.76. The van der Waals surface area contributed by atoms with Gasteiger partial charge in [0.25, 0.3) is 0 Å². The molecule has 1 saturated heterocycles. The van der Waals surface area contributed by atoms with E-state index in [0.29, 0.717) is 13.2 Å². The third-order valence-electron chi connectivity index (χ3n) is 3.28. The Balaban J connectivity index is 2.03. The SMILES string of the molecule is O=S(=O)(C1CCCCC1)C1CNCCO1. The molecular formula is C10H19NO3S. The molecule has 0 radical (unpaired) electrons. The number of nitrogens with one attached hydrogen (secondary N) is 1.